The number of para-hydroxylation sites is 1. The first-order valence-electron chi connectivity index (χ1n) is 7.82. The average Bonchev–Trinajstić information content (AvgIpc) is 2.88. The van der Waals surface area contributed by atoms with Crippen LogP contribution in [-0.4, -0.2) is 37.1 Å². The van der Waals surface area contributed by atoms with Crippen molar-refractivity contribution < 1.29 is 14.5 Å². The van der Waals surface area contributed by atoms with Crippen LogP contribution in [0.5, 0.6) is 0 Å². The Morgan fingerprint density at radius 2 is 2.09 bits per heavy atom. The number of hydrogen-bond acceptors (Lipinski definition) is 4. The number of hydrogen-bond donors (Lipinski definition) is 3. The molecule has 23 heavy (non-hydrogen) atoms. The molecular weight excluding hydrogens is 312 g/mol. The molecule has 3 amide bonds. The molecular formula is C16H23N4O2S+. The second-order valence-corrected chi connectivity index (χ2v) is 6.66. The number of nitrogens with one attached hydrogen (secondary N) is 3. The number of nitrogens with zero attached hydrogens (tertiary/aromatic N) is 1. The number of thiazole rings is 1. The van der Waals surface area contributed by atoms with Gasteiger partial charge in [0.05, 0.1) is 17.3 Å². The van der Waals surface area contributed by atoms with Gasteiger partial charge in [-0.2, -0.15) is 0 Å². The molecule has 0 spiro atoms. The number of urea groups is 1. The number of amides is 3. The molecule has 3 N–H and O–H groups in total. The Bertz CT molecular complexity index is 638. The largest absolute Gasteiger partial charge is 0.338 e. The molecule has 0 aliphatic carbocycles. The van der Waals surface area contributed by atoms with E-state index in [2.05, 4.69) is 15.6 Å². The lowest BCUT2D eigenvalue weighted by atomic mass is 10.3. The summed E-state index contributed by atoms with van der Waals surface area (Å²) < 4.78 is 1.15. The third-order valence-electron chi connectivity index (χ3n) is 3.32. The van der Waals surface area contributed by atoms with Gasteiger partial charge in [-0.05, 0) is 18.6 Å². The maximum atomic E-state index is 11.8. The van der Waals surface area contributed by atoms with Crippen LogP contribution in [0.3, 0.4) is 0 Å². The number of carbonyl (C=O) groups excluding carboxylic acids is 2. The highest BCUT2D eigenvalue weighted by molar-refractivity contribution is 7.18. The first-order chi connectivity index (χ1) is 11.1. The number of likely N-dealkylation sites (N-methyl/N-ethyl adjacent to an activating group) is 1. The molecule has 2 aromatic rings. The minimum Gasteiger partial charge on any atom is -0.338 e. The molecule has 0 aliphatic heterocycles. The molecule has 1 unspecified atom stereocenters. The highest BCUT2D eigenvalue weighted by Gasteiger charge is 2.15. The quantitative estimate of drug-likeness (QED) is 0.659. The Morgan fingerprint density at radius 3 is 2.83 bits per heavy atom. The number of aromatic nitrogens is 1. The van der Waals surface area contributed by atoms with Crippen molar-refractivity contribution in [3.8, 4) is 0 Å². The summed E-state index contributed by atoms with van der Waals surface area (Å²) in [5.41, 5.74) is 0.986. The zero-order chi connectivity index (χ0) is 16.7. The van der Waals surface area contributed by atoms with Crippen LogP contribution in [0.4, 0.5) is 4.79 Å². The van der Waals surface area contributed by atoms with E-state index in [4.69, 9.17) is 0 Å². The van der Waals surface area contributed by atoms with Gasteiger partial charge in [0.25, 0.3) is 5.91 Å². The van der Waals surface area contributed by atoms with Crippen molar-refractivity contribution in [1.29, 1.82) is 0 Å². The van der Waals surface area contributed by atoms with Gasteiger partial charge >= 0.3 is 6.03 Å². The van der Waals surface area contributed by atoms with E-state index in [1.807, 2.05) is 38.2 Å². The highest BCUT2D eigenvalue weighted by Crippen LogP contribution is 2.20. The Balaban J connectivity index is 1.78. The van der Waals surface area contributed by atoms with Gasteiger partial charge in [-0.3, -0.25) is 10.1 Å². The normalized spacial score (nSPS) is 12.1. The monoisotopic (exact) mass is 335 g/mol. The Labute approximate surface area is 139 Å². The summed E-state index contributed by atoms with van der Waals surface area (Å²) in [6.07, 6.45) is 1.91. The number of imide groups is 1. The molecule has 0 fully saturated rings. The lowest BCUT2D eigenvalue weighted by Gasteiger charge is -2.12. The van der Waals surface area contributed by atoms with Crippen LogP contribution in [0.25, 0.3) is 10.2 Å². The van der Waals surface area contributed by atoms with Crippen molar-refractivity contribution in [3.63, 3.8) is 0 Å². The van der Waals surface area contributed by atoms with E-state index in [9.17, 15) is 9.59 Å². The SMILES string of the molecule is CCCCNC(=O)NC(=O)C[NH+](C)Cc1nc2ccccc2s1. The number of carbonyl (C=O) groups is 2. The maximum absolute atomic E-state index is 11.8. The van der Waals surface area contributed by atoms with Gasteiger partial charge in [-0.1, -0.05) is 25.5 Å². The van der Waals surface area contributed by atoms with Crippen molar-refractivity contribution in [2.24, 2.45) is 0 Å². The van der Waals surface area contributed by atoms with Crippen LogP contribution in [0.1, 0.15) is 24.8 Å². The van der Waals surface area contributed by atoms with Crippen molar-refractivity contribution in [2.75, 3.05) is 20.1 Å². The summed E-state index contributed by atoms with van der Waals surface area (Å²) in [6.45, 7) is 3.52. The Kier molecular flexibility index (Phi) is 6.49. The number of quaternary nitrogens is 1. The van der Waals surface area contributed by atoms with Gasteiger partial charge in [0, 0.05) is 6.54 Å². The molecule has 2 rings (SSSR count). The fourth-order valence-corrected chi connectivity index (χ4v) is 3.27. The predicted molar refractivity (Wildman–Crippen MR) is 91.5 cm³/mol. The molecule has 0 saturated heterocycles. The van der Waals surface area contributed by atoms with Crippen LogP contribution in [-0.2, 0) is 11.3 Å². The maximum Gasteiger partial charge on any atom is 0.321 e. The highest BCUT2D eigenvalue weighted by atomic mass is 32.1. The van der Waals surface area contributed by atoms with E-state index in [1.54, 1.807) is 11.3 Å². The number of rotatable bonds is 7. The summed E-state index contributed by atoms with van der Waals surface area (Å²) >= 11 is 1.64. The van der Waals surface area contributed by atoms with Crippen molar-refractivity contribution in [2.45, 2.75) is 26.3 Å². The number of fused-ring (bicyclic) bond motifs is 1. The summed E-state index contributed by atoms with van der Waals surface area (Å²) in [7, 11) is 1.92. The molecule has 7 heteroatoms. The average molecular weight is 335 g/mol. The number of benzene rings is 1. The first-order valence-corrected chi connectivity index (χ1v) is 8.63. The smallest absolute Gasteiger partial charge is 0.321 e. The fraction of sp³-hybridized carbons (Fsp3) is 0.438. The van der Waals surface area contributed by atoms with Crippen LogP contribution < -0.4 is 15.5 Å². The minimum atomic E-state index is -0.420. The van der Waals surface area contributed by atoms with Gasteiger partial charge < -0.3 is 10.2 Å². The van der Waals surface area contributed by atoms with E-state index in [-0.39, 0.29) is 12.5 Å². The topological polar surface area (TPSA) is 75.5 Å². The van der Waals surface area contributed by atoms with Gasteiger partial charge in [0.15, 0.2) is 6.54 Å². The molecule has 1 aromatic heterocycles. The Morgan fingerprint density at radius 1 is 1.30 bits per heavy atom. The van der Waals surface area contributed by atoms with E-state index in [0.717, 1.165) is 33.0 Å². The standard InChI is InChI=1S/C16H22N4O2S/c1-3-4-9-17-16(22)19-14(21)10-20(2)11-15-18-12-7-5-6-8-13(12)23-15/h5-8H,3-4,9-11H2,1-2H3,(H2,17,19,21,22)/p+1. The van der Waals surface area contributed by atoms with Crippen molar-refractivity contribution in [3.05, 3.63) is 29.3 Å². The fourth-order valence-electron chi connectivity index (χ4n) is 2.18. The molecule has 1 heterocycles. The van der Waals surface area contributed by atoms with Crippen LogP contribution in [0, 0.1) is 0 Å². The molecule has 6 nitrogen and oxygen atoms in total. The molecule has 0 saturated carbocycles. The molecule has 124 valence electrons. The lowest BCUT2D eigenvalue weighted by molar-refractivity contribution is -0.885. The summed E-state index contributed by atoms with van der Waals surface area (Å²) in [6, 6.07) is 7.56. The summed E-state index contributed by atoms with van der Waals surface area (Å²) in [5, 5.41) is 6.01. The molecule has 0 bridgehead atoms. The third-order valence-corrected chi connectivity index (χ3v) is 4.36. The zero-order valence-electron chi connectivity index (χ0n) is 13.5. The van der Waals surface area contributed by atoms with Crippen molar-refractivity contribution >= 4 is 33.5 Å². The summed E-state index contributed by atoms with van der Waals surface area (Å²) in [4.78, 5) is 28.9. The van der Waals surface area contributed by atoms with Gasteiger partial charge in [-0.15, -0.1) is 11.3 Å². The van der Waals surface area contributed by atoms with E-state index >= 15 is 0 Å². The zero-order valence-corrected chi connectivity index (χ0v) is 14.3. The van der Waals surface area contributed by atoms with Gasteiger partial charge in [-0.25, -0.2) is 9.78 Å². The van der Waals surface area contributed by atoms with Crippen LogP contribution >= 0.6 is 11.3 Å². The van der Waals surface area contributed by atoms with Gasteiger partial charge in [0.1, 0.15) is 11.6 Å². The van der Waals surface area contributed by atoms with Crippen LogP contribution in [0.15, 0.2) is 24.3 Å². The number of unbranched alkanes of at least 4 members (excludes halogenated alkanes) is 1. The third kappa shape index (κ3) is 5.61. The second kappa shape index (κ2) is 8.59. The van der Waals surface area contributed by atoms with E-state index in [1.165, 1.54) is 0 Å². The molecule has 1 atom stereocenters. The second-order valence-electron chi connectivity index (χ2n) is 5.54. The Hall–Kier alpha value is -1.99. The summed E-state index contributed by atoms with van der Waals surface area (Å²) in [5.74, 6) is -0.280. The molecule has 0 aliphatic rings. The minimum absolute atomic E-state index is 0.233. The van der Waals surface area contributed by atoms with E-state index < -0.39 is 6.03 Å². The van der Waals surface area contributed by atoms with E-state index in [0.29, 0.717) is 13.1 Å². The lowest BCUT2D eigenvalue weighted by Crippen LogP contribution is -3.09. The van der Waals surface area contributed by atoms with Crippen molar-refractivity contribution in [1.82, 2.24) is 15.6 Å². The molecule has 0 radical (unpaired) electrons. The van der Waals surface area contributed by atoms with Gasteiger partial charge in [0.2, 0.25) is 0 Å². The predicted octanol–water partition coefficient (Wildman–Crippen LogP) is 0.937. The van der Waals surface area contributed by atoms with Crippen LogP contribution in [0.2, 0.25) is 0 Å². The first kappa shape index (κ1) is 17.4. The molecule has 1 aromatic carbocycles.